The minimum atomic E-state index is 0.545. The maximum Gasteiger partial charge on any atom is 0.151 e. The Hall–Kier alpha value is -1.06. The van der Waals surface area contributed by atoms with E-state index in [1.807, 2.05) is 24.4 Å². The summed E-state index contributed by atoms with van der Waals surface area (Å²) in [6.07, 6.45) is 4.37. The highest BCUT2D eigenvalue weighted by Gasteiger charge is 2.33. The predicted octanol–water partition coefficient (Wildman–Crippen LogP) is 2.84. The van der Waals surface area contributed by atoms with E-state index in [0.29, 0.717) is 17.1 Å². The molecule has 3 nitrogen and oxygen atoms in total. The lowest BCUT2D eigenvalue weighted by molar-refractivity contribution is 0.290. The summed E-state index contributed by atoms with van der Waals surface area (Å²) in [5.74, 6) is 0.545. The van der Waals surface area contributed by atoms with Crippen LogP contribution in [-0.2, 0) is 0 Å². The van der Waals surface area contributed by atoms with Crippen LogP contribution in [-0.4, -0.2) is 22.0 Å². The standard InChI is InChI=1S/C13H16ClN3/c1-2-15-10-7-9(8-10)12-13(14)16-11-5-3-4-6-17(11)12/h3-6,9-10,15H,2,7-8H2,1H3. The number of nitrogens with one attached hydrogen (secondary N) is 1. The average molecular weight is 250 g/mol. The molecule has 1 aliphatic rings. The number of halogens is 1. The third kappa shape index (κ3) is 1.83. The van der Waals surface area contributed by atoms with Crippen molar-refractivity contribution in [3.8, 4) is 0 Å². The van der Waals surface area contributed by atoms with Crippen LogP contribution in [0.2, 0.25) is 5.15 Å². The molecule has 0 unspecified atom stereocenters. The first-order valence-electron chi connectivity index (χ1n) is 6.15. The number of fused-ring (bicyclic) bond motifs is 1. The molecule has 2 aromatic heterocycles. The molecular weight excluding hydrogens is 234 g/mol. The van der Waals surface area contributed by atoms with E-state index in [2.05, 4.69) is 21.6 Å². The fourth-order valence-corrected chi connectivity index (χ4v) is 2.98. The summed E-state index contributed by atoms with van der Waals surface area (Å²) in [6.45, 7) is 3.19. The number of aromatic nitrogens is 2. The maximum atomic E-state index is 6.25. The zero-order valence-electron chi connectivity index (χ0n) is 9.86. The van der Waals surface area contributed by atoms with E-state index in [1.54, 1.807) is 0 Å². The summed E-state index contributed by atoms with van der Waals surface area (Å²) >= 11 is 6.25. The van der Waals surface area contributed by atoms with Crippen molar-refractivity contribution >= 4 is 17.2 Å². The SMILES string of the molecule is CCNC1CC(c2c(Cl)nc3ccccn23)C1. The molecule has 2 aromatic rings. The molecule has 17 heavy (non-hydrogen) atoms. The molecule has 0 amide bonds. The van der Waals surface area contributed by atoms with Crippen LogP contribution in [0.3, 0.4) is 0 Å². The fourth-order valence-electron chi connectivity index (χ4n) is 2.65. The summed E-state index contributed by atoms with van der Waals surface area (Å²) < 4.78 is 2.12. The molecule has 3 rings (SSSR count). The zero-order chi connectivity index (χ0) is 11.8. The van der Waals surface area contributed by atoms with E-state index >= 15 is 0 Å². The summed E-state index contributed by atoms with van der Waals surface area (Å²) in [7, 11) is 0. The first kappa shape index (κ1) is 11.1. The van der Waals surface area contributed by atoms with Crippen molar-refractivity contribution in [1.82, 2.24) is 14.7 Å². The Morgan fingerprint density at radius 1 is 1.47 bits per heavy atom. The van der Waals surface area contributed by atoms with Crippen molar-refractivity contribution in [3.63, 3.8) is 0 Å². The molecule has 1 fully saturated rings. The average Bonchev–Trinajstić information content (AvgIpc) is 2.59. The lowest BCUT2D eigenvalue weighted by Crippen LogP contribution is -2.40. The number of nitrogens with zero attached hydrogens (tertiary/aromatic N) is 2. The maximum absolute atomic E-state index is 6.25. The second kappa shape index (κ2) is 4.31. The first-order chi connectivity index (χ1) is 8.29. The number of hydrogen-bond acceptors (Lipinski definition) is 2. The third-order valence-corrected chi connectivity index (χ3v) is 3.82. The molecular formula is C13H16ClN3. The molecule has 0 radical (unpaired) electrons. The van der Waals surface area contributed by atoms with Gasteiger partial charge in [0.25, 0.3) is 0 Å². The highest BCUT2D eigenvalue weighted by atomic mass is 35.5. The van der Waals surface area contributed by atoms with Crippen molar-refractivity contribution in [3.05, 3.63) is 35.2 Å². The van der Waals surface area contributed by atoms with Crippen LogP contribution in [0.1, 0.15) is 31.4 Å². The number of imidazole rings is 1. The molecule has 1 aliphatic carbocycles. The Balaban J connectivity index is 1.89. The van der Waals surface area contributed by atoms with Gasteiger partial charge in [0.2, 0.25) is 0 Å². The largest absolute Gasteiger partial charge is 0.314 e. The molecule has 2 heterocycles. The number of rotatable bonds is 3. The van der Waals surface area contributed by atoms with Gasteiger partial charge in [0.15, 0.2) is 5.15 Å². The van der Waals surface area contributed by atoms with E-state index in [0.717, 1.165) is 25.0 Å². The number of hydrogen-bond donors (Lipinski definition) is 1. The highest BCUT2D eigenvalue weighted by molar-refractivity contribution is 6.30. The van der Waals surface area contributed by atoms with E-state index in [1.165, 1.54) is 5.69 Å². The highest BCUT2D eigenvalue weighted by Crippen LogP contribution is 2.40. The van der Waals surface area contributed by atoms with E-state index in [9.17, 15) is 0 Å². The molecule has 0 aromatic carbocycles. The predicted molar refractivity (Wildman–Crippen MR) is 69.6 cm³/mol. The number of pyridine rings is 1. The van der Waals surface area contributed by atoms with Gasteiger partial charge in [-0.3, -0.25) is 0 Å². The van der Waals surface area contributed by atoms with E-state index in [4.69, 9.17) is 11.6 Å². The van der Waals surface area contributed by atoms with Gasteiger partial charge in [-0.1, -0.05) is 24.6 Å². The summed E-state index contributed by atoms with van der Waals surface area (Å²) in [4.78, 5) is 4.40. The Bertz CT molecular complexity index is 528. The van der Waals surface area contributed by atoms with Gasteiger partial charge in [-0.25, -0.2) is 4.98 Å². The van der Waals surface area contributed by atoms with Gasteiger partial charge in [-0.15, -0.1) is 0 Å². The minimum Gasteiger partial charge on any atom is -0.314 e. The Labute approximate surface area is 106 Å². The lowest BCUT2D eigenvalue weighted by Gasteiger charge is -2.35. The van der Waals surface area contributed by atoms with E-state index in [-0.39, 0.29) is 0 Å². The van der Waals surface area contributed by atoms with Crippen LogP contribution in [0.25, 0.3) is 5.65 Å². The van der Waals surface area contributed by atoms with Gasteiger partial charge in [-0.05, 0) is 31.5 Å². The minimum absolute atomic E-state index is 0.545. The summed E-state index contributed by atoms with van der Waals surface area (Å²) in [5, 5.41) is 4.13. The fraction of sp³-hybridized carbons (Fsp3) is 0.462. The van der Waals surface area contributed by atoms with Gasteiger partial charge in [0.05, 0.1) is 5.69 Å². The molecule has 0 bridgehead atoms. The van der Waals surface area contributed by atoms with Crippen LogP contribution >= 0.6 is 11.6 Å². The summed E-state index contributed by atoms with van der Waals surface area (Å²) in [6, 6.07) is 6.66. The normalized spacial score (nSPS) is 23.9. The molecule has 90 valence electrons. The molecule has 0 spiro atoms. The molecule has 0 aliphatic heterocycles. The molecule has 1 N–H and O–H groups in total. The van der Waals surface area contributed by atoms with Crippen LogP contribution < -0.4 is 5.32 Å². The van der Waals surface area contributed by atoms with Gasteiger partial charge in [0, 0.05) is 18.2 Å². The Morgan fingerprint density at radius 2 is 2.29 bits per heavy atom. The van der Waals surface area contributed by atoms with Crippen molar-refractivity contribution in [1.29, 1.82) is 0 Å². The van der Waals surface area contributed by atoms with Gasteiger partial charge in [-0.2, -0.15) is 0 Å². The van der Waals surface area contributed by atoms with Crippen LogP contribution in [0.4, 0.5) is 0 Å². The topological polar surface area (TPSA) is 29.3 Å². The quantitative estimate of drug-likeness (QED) is 0.907. The lowest BCUT2D eigenvalue weighted by atomic mass is 9.78. The van der Waals surface area contributed by atoms with E-state index < -0.39 is 0 Å². The Morgan fingerprint density at radius 3 is 3.06 bits per heavy atom. The van der Waals surface area contributed by atoms with Crippen molar-refractivity contribution in [2.24, 2.45) is 0 Å². The van der Waals surface area contributed by atoms with Crippen molar-refractivity contribution in [2.45, 2.75) is 31.7 Å². The van der Waals surface area contributed by atoms with Crippen molar-refractivity contribution < 1.29 is 0 Å². The van der Waals surface area contributed by atoms with Gasteiger partial charge >= 0.3 is 0 Å². The molecule has 0 saturated heterocycles. The smallest absolute Gasteiger partial charge is 0.151 e. The van der Waals surface area contributed by atoms with Gasteiger partial charge in [0.1, 0.15) is 5.65 Å². The monoisotopic (exact) mass is 249 g/mol. The second-order valence-electron chi connectivity index (χ2n) is 4.64. The first-order valence-corrected chi connectivity index (χ1v) is 6.53. The molecule has 0 atom stereocenters. The zero-order valence-corrected chi connectivity index (χ0v) is 10.6. The van der Waals surface area contributed by atoms with Gasteiger partial charge < -0.3 is 9.72 Å². The summed E-state index contributed by atoms with van der Waals surface area (Å²) in [5.41, 5.74) is 2.12. The Kier molecular flexibility index (Phi) is 2.81. The third-order valence-electron chi connectivity index (χ3n) is 3.54. The van der Waals surface area contributed by atoms with Crippen LogP contribution in [0.15, 0.2) is 24.4 Å². The van der Waals surface area contributed by atoms with Crippen molar-refractivity contribution in [2.75, 3.05) is 6.54 Å². The molecule has 1 saturated carbocycles. The van der Waals surface area contributed by atoms with Crippen LogP contribution in [0, 0.1) is 0 Å². The van der Waals surface area contributed by atoms with Crippen LogP contribution in [0.5, 0.6) is 0 Å². The second-order valence-corrected chi connectivity index (χ2v) is 5.00. The molecule has 4 heteroatoms.